The first-order valence-electron chi connectivity index (χ1n) is 6.39. The average Bonchev–Trinajstić information content (AvgIpc) is 2.90. The number of aryl methyl sites for hydroxylation is 1. The van der Waals surface area contributed by atoms with Crippen LogP contribution in [-0.2, 0) is 6.54 Å². The van der Waals surface area contributed by atoms with Crippen LogP contribution in [0.15, 0.2) is 46.3 Å². The van der Waals surface area contributed by atoms with Gasteiger partial charge >= 0.3 is 0 Å². The Morgan fingerprint density at radius 3 is 3.10 bits per heavy atom. The number of ether oxygens (including phenoxy) is 1. The molecule has 0 aliphatic carbocycles. The van der Waals surface area contributed by atoms with Crippen LogP contribution in [0.5, 0.6) is 5.75 Å². The van der Waals surface area contributed by atoms with Gasteiger partial charge in [-0.25, -0.2) is 4.98 Å². The van der Waals surface area contributed by atoms with Crippen molar-refractivity contribution in [2.24, 2.45) is 0 Å². The Morgan fingerprint density at radius 1 is 1.50 bits per heavy atom. The molecule has 1 heterocycles. The topological polar surface area (TPSA) is 47.3 Å². The van der Waals surface area contributed by atoms with Crippen LogP contribution in [0.25, 0.3) is 0 Å². The van der Waals surface area contributed by atoms with Crippen LogP contribution in [0.1, 0.15) is 6.92 Å². The lowest BCUT2D eigenvalue weighted by Crippen LogP contribution is -2.20. The molecule has 2 aromatic rings. The maximum Gasteiger partial charge on any atom is 0.168 e. The van der Waals surface area contributed by atoms with Crippen molar-refractivity contribution in [2.45, 2.75) is 24.7 Å². The number of benzene rings is 1. The highest BCUT2D eigenvalue weighted by Gasteiger charge is 2.09. The van der Waals surface area contributed by atoms with Crippen molar-refractivity contribution >= 4 is 27.7 Å². The highest BCUT2D eigenvalue weighted by molar-refractivity contribution is 9.10. The summed E-state index contributed by atoms with van der Waals surface area (Å²) in [6, 6.07) is 7.58. The Bertz CT molecular complexity index is 547. The van der Waals surface area contributed by atoms with Gasteiger partial charge in [-0.3, -0.25) is 0 Å². The lowest BCUT2D eigenvalue weighted by atomic mass is 10.3. The summed E-state index contributed by atoms with van der Waals surface area (Å²) in [4.78, 5) is 4.26. The minimum atomic E-state index is -0.527. The van der Waals surface area contributed by atoms with E-state index in [1.54, 1.807) is 6.20 Å². The average molecular weight is 357 g/mol. The first-order chi connectivity index (χ1) is 9.69. The van der Waals surface area contributed by atoms with Gasteiger partial charge < -0.3 is 14.4 Å². The largest absolute Gasteiger partial charge is 0.491 e. The van der Waals surface area contributed by atoms with Crippen molar-refractivity contribution < 1.29 is 9.84 Å². The van der Waals surface area contributed by atoms with Crippen LogP contribution in [0.4, 0.5) is 0 Å². The molecule has 1 aromatic carbocycles. The van der Waals surface area contributed by atoms with Gasteiger partial charge in [-0.1, -0.05) is 33.8 Å². The molecule has 6 heteroatoms. The molecule has 4 nitrogen and oxygen atoms in total. The zero-order chi connectivity index (χ0) is 14.4. The van der Waals surface area contributed by atoms with Gasteiger partial charge in [0, 0.05) is 29.2 Å². The highest BCUT2D eigenvalue weighted by Crippen LogP contribution is 2.19. The van der Waals surface area contributed by atoms with Crippen LogP contribution in [0, 0.1) is 0 Å². The molecule has 0 bridgehead atoms. The van der Waals surface area contributed by atoms with E-state index in [4.69, 9.17) is 4.74 Å². The Kier molecular flexibility index (Phi) is 5.94. The second kappa shape index (κ2) is 7.71. The SMILES string of the molecule is CCn1ccnc1SCC(O)COc1cccc(Br)c1. The first kappa shape index (κ1) is 15.4. The molecular formula is C14H17BrN2O2S. The van der Waals surface area contributed by atoms with Gasteiger partial charge in [-0.2, -0.15) is 0 Å². The fourth-order valence-electron chi connectivity index (χ4n) is 1.64. The number of nitrogens with zero attached hydrogens (tertiary/aromatic N) is 2. The molecule has 1 unspecified atom stereocenters. The molecule has 1 atom stereocenters. The molecule has 0 aliphatic heterocycles. The van der Waals surface area contributed by atoms with Gasteiger partial charge in [0.15, 0.2) is 5.16 Å². The van der Waals surface area contributed by atoms with Crippen LogP contribution >= 0.6 is 27.7 Å². The quantitative estimate of drug-likeness (QED) is 0.773. The van der Waals surface area contributed by atoms with E-state index < -0.39 is 6.10 Å². The molecule has 0 saturated heterocycles. The van der Waals surface area contributed by atoms with Crippen LogP contribution in [0.3, 0.4) is 0 Å². The summed E-state index contributed by atoms with van der Waals surface area (Å²) < 4.78 is 8.56. The van der Waals surface area contributed by atoms with Gasteiger partial charge in [0.1, 0.15) is 12.4 Å². The zero-order valence-corrected chi connectivity index (χ0v) is 13.6. The number of aliphatic hydroxyl groups excluding tert-OH is 1. The fraction of sp³-hybridized carbons (Fsp3) is 0.357. The van der Waals surface area contributed by atoms with Crippen molar-refractivity contribution in [3.8, 4) is 5.75 Å². The lowest BCUT2D eigenvalue weighted by molar-refractivity contribution is 0.126. The third-order valence-electron chi connectivity index (χ3n) is 2.66. The second-order valence-electron chi connectivity index (χ2n) is 4.23. The van der Waals surface area contributed by atoms with E-state index in [1.807, 2.05) is 35.0 Å². The molecule has 108 valence electrons. The van der Waals surface area contributed by atoms with Gasteiger partial charge in [0.2, 0.25) is 0 Å². The molecule has 20 heavy (non-hydrogen) atoms. The number of halogens is 1. The van der Waals surface area contributed by atoms with Gasteiger partial charge in [-0.15, -0.1) is 0 Å². The summed E-state index contributed by atoms with van der Waals surface area (Å²) in [7, 11) is 0. The minimum absolute atomic E-state index is 0.274. The predicted molar refractivity (Wildman–Crippen MR) is 84.3 cm³/mol. The van der Waals surface area contributed by atoms with E-state index >= 15 is 0 Å². The van der Waals surface area contributed by atoms with E-state index in [-0.39, 0.29) is 6.61 Å². The van der Waals surface area contributed by atoms with Gasteiger partial charge in [0.05, 0.1) is 6.10 Å². The van der Waals surface area contributed by atoms with Crippen molar-refractivity contribution in [1.82, 2.24) is 9.55 Å². The second-order valence-corrected chi connectivity index (χ2v) is 6.13. The standard InChI is InChI=1S/C14H17BrN2O2S/c1-2-17-7-6-16-14(17)20-10-12(18)9-19-13-5-3-4-11(15)8-13/h3-8,12,18H,2,9-10H2,1H3. The van der Waals surface area contributed by atoms with Gasteiger partial charge in [-0.05, 0) is 25.1 Å². The number of aromatic nitrogens is 2. The molecule has 0 amide bonds. The minimum Gasteiger partial charge on any atom is -0.491 e. The van der Waals surface area contributed by atoms with Crippen LogP contribution in [-0.4, -0.2) is 33.1 Å². The van der Waals surface area contributed by atoms with Crippen LogP contribution in [0.2, 0.25) is 0 Å². The third kappa shape index (κ3) is 4.54. The van der Waals surface area contributed by atoms with E-state index in [1.165, 1.54) is 11.8 Å². The summed E-state index contributed by atoms with van der Waals surface area (Å²) in [5.74, 6) is 1.31. The van der Waals surface area contributed by atoms with E-state index in [0.717, 1.165) is 21.9 Å². The molecule has 0 radical (unpaired) electrons. The smallest absolute Gasteiger partial charge is 0.168 e. The number of imidazole rings is 1. The van der Waals surface area contributed by atoms with E-state index in [9.17, 15) is 5.11 Å². The predicted octanol–water partition coefficient (Wildman–Crippen LogP) is 3.20. The number of rotatable bonds is 7. The lowest BCUT2D eigenvalue weighted by Gasteiger charge is -2.12. The normalized spacial score (nSPS) is 12.3. The number of hydrogen-bond donors (Lipinski definition) is 1. The first-order valence-corrected chi connectivity index (χ1v) is 8.17. The van der Waals surface area contributed by atoms with Crippen molar-refractivity contribution in [3.63, 3.8) is 0 Å². The monoisotopic (exact) mass is 356 g/mol. The molecule has 0 fully saturated rings. The number of aliphatic hydroxyl groups is 1. The molecule has 0 saturated carbocycles. The van der Waals surface area contributed by atoms with E-state index in [0.29, 0.717) is 5.75 Å². The molecule has 2 rings (SSSR count). The summed E-state index contributed by atoms with van der Waals surface area (Å²) in [5, 5.41) is 10.9. The van der Waals surface area contributed by atoms with Gasteiger partial charge in [0.25, 0.3) is 0 Å². The third-order valence-corrected chi connectivity index (χ3v) is 4.30. The fourth-order valence-corrected chi connectivity index (χ4v) is 2.95. The number of hydrogen-bond acceptors (Lipinski definition) is 4. The summed E-state index contributed by atoms with van der Waals surface area (Å²) in [6.45, 7) is 3.22. The molecular weight excluding hydrogens is 340 g/mol. The maximum atomic E-state index is 9.95. The summed E-state index contributed by atoms with van der Waals surface area (Å²) >= 11 is 4.92. The van der Waals surface area contributed by atoms with Crippen molar-refractivity contribution in [2.75, 3.05) is 12.4 Å². The molecule has 0 aliphatic rings. The molecule has 1 aromatic heterocycles. The number of thioether (sulfide) groups is 1. The zero-order valence-electron chi connectivity index (χ0n) is 11.2. The summed E-state index contributed by atoms with van der Waals surface area (Å²) in [6.07, 6.45) is 3.18. The van der Waals surface area contributed by atoms with Crippen molar-refractivity contribution in [1.29, 1.82) is 0 Å². The molecule has 1 N–H and O–H groups in total. The Labute approximate surface area is 131 Å². The Morgan fingerprint density at radius 2 is 2.35 bits per heavy atom. The van der Waals surface area contributed by atoms with E-state index in [2.05, 4.69) is 27.8 Å². The van der Waals surface area contributed by atoms with Crippen molar-refractivity contribution in [3.05, 3.63) is 41.1 Å². The highest BCUT2D eigenvalue weighted by atomic mass is 79.9. The Hall–Kier alpha value is -0.980. The molecule has 0 spiro atoms. The summed E-state index contributed by atoms with van der Waals surface area (Å²) in [5.41, 5.74) is 0. The Balaban J connectivity index is 1.77. The van der Waals surface area contributed by atoms with Crippen LogP contribution < -0.4 is 4.74 Å². The maximum absolute atomic E-state index is 9.95.